The molecular formula is C15H23BrFNO. The third kappa shape index (κ3) is 5.59. The number of alkyl halides is 1. The van der Waals surface area contributed by atoms with Crippen LogP contribution in [0.1, 0.15) is 25.0 Å². The summed E-state index contributed by atoms with van der Waals surface area (Å²) in [7, 11) is 1.52. The molecule has 2 nitrogen and oxygen atoms in total. The highest BCUT2D eigenvalue weighted by Gasteiger charge is 2.23. The van der Waals surface area contributed by atoms with E-state index in [1.54, 1.807) is 6.92 Å². The van der Waals surface area contributed by atoms with E-state index in [2.05, 4.69) is 41.2 Å². The Morgan fingerprint density at radius 2 is 2.16 bits per heavy atom. The Bertz CT molecular complexity index is 409. The molecule has 4 heteroatoms. The van der Waals surface area contributed by atoms with Gasteiger partial charge < -0.3 is 10.1 Å². The first kappa shape index (κ1) is 16.6. The van der Waals surface area contributed by atoms with Crippen LogP contribution in [0.25, 0.3) is 0 Å². The van der Waals surface area contributed by atoms with Gasteiger partial charge in [0.1, 0.15) is 5.67 Å². The molecule has 2 atom stereocenters. The second-order valence-electron chi connectivity index (χ2n) is 5.36. The predicted octanol–water partition coefficient (Wildman–Crippen LogP) is 3.65. The van der Waals surface area contributed by atoms with Crippen molar-refractivity contribution in [1.29, 1.82) is 0 Å². The van der Waals surface area contributed by atoms with Gasteiger partial charge in [0.2, 0.25) is 0 Å². The van der Waals surface area contributed by atoms with Crippen molar-refractivity contribution in [3.05, 3.63) is 33.8 Å². The normalized spacial score (nSPS) is 16.1. The number of hydrogen-bond acceptors (Lipinski definition) is 2. The highest BCUT2D eigenvalue weighted by Crippen LogP contribution is 2.20. The monoisotopic (exact) mass is 331 g/mol. The molecule has 0 amide bonds. The molecule has 0 bridgehead atoms. The van der Waals surface area contributed by atoms with Crippen molar-refractivity contribution in [2.45, 2.75) is 38.9 Å². The van der Waals surface area contributed by atoms with Gasteiger partial charge in [-0.05, 0) is 44.4 Å². The Labute approximate surface area is 123 Å². The molecule has 0 spiro atoms. The zero-order chi connectivity index (χ0) is 14.5. The lowest BCUT2D eigenvalue weighted by molar-refractivity contribution is 0.0529. The van der Waals surface area contributed by atoms with Crippen LogP contribution in [0.15, 0.2) is 22.7 Å². The topological polar surface area (TPSA) is 21.3 Å². The van der Waals surface area contributed by atoms with E-state index in [0.29, 0.717) is 6.54 Å². The van der Waals surface area contributed by atoms with Crippen molar-refractivity contribution in [2.75, 3.05) is 20.3 Å². The first-order valence-corrected chi connectivity index (χ1v) is 7.30. The number of nitrogens with one attached hydrogen (secondary N) is 1. The van der Waals surface area contributed by atoms with Gasteiger partial charge in [0, 0.05) is 24.2 Å². The molecular weight excluding hydrogens is 309 g/mol. The van der Waals surface area contributed by atoms with Crippen LogP contribution in [-0.2, 0) is 11.2 Å². The standard InChI is InChI=1S/C15H23BrFNO/c1-11(18-9-15(3,17)10-19-4)8-13-6-5-7-14(16)12(13)2/h5-7,11,18H,8-10H2,1-4H3/t11-,15?/m1/s1. The van der Waals surface area contributed by atoms with E-state index in [4.69, 9.17) is 4.74 Å². The summed E-state index contributed by atoms with van der Waals surface area (Å²) in [5, 5.41) is 3.23. The van der Waals surface area contributed by atoms with Crippen molar-refractivity contribution in [3.63, 3.8) is 0 Å². The van der Waals surface area contributed by atoms with Gasteiger partial charge in [-0.25, -0.2) is 4.39 Å². The molecule has 0 saturated carbocycles. The molecule has 1 rings (SSSR count). The Kier molecular flexibility index (Phi) is 6.43. The third-order valence-electron chi connectivity index (χ3n) is 3.17. The molecule has 0 aliphatic heterocycles. The Balaban J connectivity index is 2.51. The van der Waals surface area contributed by atoms with Crippen molar-refractivity contribution in [2.24, 2.45) is 0 Å². The fraction of sp³-hybridized carbons (Fsp3) is 0.600. The largest absolute Gasteiger partial charge is 0.381 e. The highest BCUT2D eigenvalue weighted by molar-refractivity contribution is 9.10. The highest BCUT2D eigenvalue weighted by atomic mass is 79.9. The van der Waals surface area contributed by atoms with E-state index in [-0.39, 0.29) is 12.6 Å². The number of halogens is 2. The van der Waals surface area contributed by atoms with Crippen LogP contribution in [0.3, 0.4) is 0 Å². The van der Waals surface area contributed by atoms with Gasteiger partial charge in [-0.3, -0.25) is 0 Å². The minimum absolute atomic E-state index is 0.114. The second-order valence-corrected chi connectivity index (χ2v) is 6.21. The molecule has 0 saturated heterocycles. The summed E-state index contributed by atoms with van der Waals surface area (Å²) in [5.41, 5.74) is 1.20. The summed E-state index contributed by atoms with van der Waals surface area (Å²) in [6.45, 7) is 6.14. The first-order chi connectivity index (χ1) is 8.85. The maximum atomic E-state index is 13.9. The van der Waals surface area contributed by atoms with E-state index < -0.39 is 5.67 Å². The average molecular weight is 332 g/mol. The second kappa shape index (κ2) is 7.36. The van der Waals surface area contributed by atoms with E-state index in [1.165, 1.54) is 18.2 Å². The van der Waals surface area contributed by atoms with Gasteiger partial charge in [-0.1, -0.05) is 28.1 Å². The van der Waals surface area contributed by atoms with E-state index in [0.717, 1.165) is 10.9 Å². The van der Waals surface area contributed by atoms with E-state index in [1.807, 2.05) is 12.1 Å². The molecule has 1 unspecified atom stereocenters. The van der Waals surface area contributed by atoms with Crippen molar-refractivity contribution < 1.29 is 9.13 Å². The number of rotatable bonds is 7. The van der Waals surface area contributed by atoms with E-state index in [9.17, 15) is 4.39 Å². The predicted molar refractivity (Wildman–Crippen MR) is 81.4 cm³/mol. The molecule has 1 aromatic rings. The molecule has 0 heterocycles. The smallest absolute Gasteiger partial charge is 0.143 e. The van der Waals surface area contributed by atoms with Gasteiger partial charge >= 0.3 is 0 Å². The minimum Gasteiger partial charge on any atom is -0.381 e. The van der Waals surface area contributed by atoms with Gasteiger partial charge in [0.25, 0.3) is 0 Å². The molecule has 0 aliphatic carbocycles. The molecule has 0 radical (unpaired) electrons. The zero-order valence-electron chi connectivity index (χ0n) is 12.1. The van der Waals surface area contributed by atoms with Crippen LogP contribution in [0.5, 0.6) is 0 Å². The SMILES string of the molecule is COCC(C)(F)CN[C@H](C)Cc1cccc(Br)c1C. The summed E-state index contributed by atoms with van der Waals surface area (Å²) in [6.07, 6.45) is 0.883. The summed E-state index contributed by atoms with van der Waals surface area (Å²) >= 11 is 3.53. The molecule has 0 aromatic heterocycles. The minimum atomic E-state index is -1.32. The zero-order valence-corrected chi connectivity index (χ0v) is 13.7. The van der Waals surface area contributed by atoms with Crippen LogP contribution in [0.4, 0.5) is 4.39 Å². The lowest BCUT2D eigenvalue weighted by Gasteiger charge is -2.23. The first-order valence-electron chi connectivity index (χ1n) is 6.51. The lowest BCUT2D eigenvalue weighted by Crippen LogP contribution is -2.42. The number of benzene rings is 1. The number of methoxy groups -OCH3 is 1. The van der Waals surface area contributed by atoms with Gasteiger partial charge in [0.15, 0.2) is 0 Å². The van der Waals surface area contributed by atoms with Gasteiger partial charge in [-0.2, -0.15) is 0 Å². The molecule has 108 valence electrons. The van der Waals surface area contributed by atoms with Crippen LogP contribution in [0.2, 0.25) is 0 Å². The molecule has 0 fully saturated rings. The van der Waals surface area contributed by atoms with Gasteiger partial charge in [0.05, 0.1) is 6.61 Å². The maximum absolute atomic E-state index is 13.9. The van der Waals surface area contributed by atoms with Crippen molar-refractivity contribution >= 4 is 15.9 Å². The molecule has 1 aromatic carbocycles. The number of hydrogen-bond donors (Lipinski definition) is 1. The Morgan fingerprint density at radius 3 is 2.79 bits per heavy atom. The fourth-order valence-electron chi connectivity index (χ4n) is 2.01. The fourth-order valence-corrected chi connectivity index (χ4v) is 2.42. The maximum Gasteiger partial charge on any atom is 0.143 e. The van der Waals surface area contributed by atoms with Crippen molar-refractivity contribution in [1.82, 2.24) is 5.32 Å². The average Bonchev–Trinajstić information content (AvgIpc) is 2.33. The van der Waals surface area contributed by atoms with Crippen LogP contribution in [-0.4, -0.2) is 32.0 Å². The molecule has 1 N–H and O–H groups in total. The van der Waals surface area contributed by atoms with Crippen LogP contribution < -0.4 is 5.32 Å². The summed E-state index contributed by atoms with van der Waals surface area (Å²) in [4.78, 5) is 0. The quantitative estimate of drug-likeness (QED) is 0.823. The van der Waals surface area contributed by atoms with Gasteiger partial charge in [-0.15, -0.1) is 0 Å². The molecule has 0 aliphatic rings. The summed E-state index contributed by atoms with van der Waals surface area (Å²) in [6, 6.07) is 6.40. The van der Waals surface area contributed by atoms with Crippen molar-refractivity contribution in [3.8, 4) is 0 Å². The Morgan fingerprint density at radius 1 is 1.47 bits per heavy atom. The Hall–Kier alpha value is -0.450. The summed E-state index contributed by atoms with van der Waals surface area (Å²) < 4.78 is 19.9. The molecule has 19 heavy (non-hydrogen) atoms. The van der Waals surface area contributed by atoms with Crippen LogP contribution >= 0.6 is 15.9 Å². The van der Waals surface area contributed by atoms with Crippen LogP contribution in [0, 0.1) is 6.92 Å². The van der Waals surface area contributed by atoms with E-state index >= 15 is 0 Å². The lowest BCUT2D eigenvalue weighted by atomic mass is 10.0. The third-order valence-corrected chi connectivity index (χ3v) is 4.03. The number of ether oxygens (including phenoxy) is 1. The summed E-state index contributed by atoms with van der Waals surface area (Å²) in [5.74, 6) is 0.